The van der Waals surface area contributed by atoms with Crippen molar-refractivity contribution >= 4 is 0 Å². The maximum absolute atomic E-state index is 11.1. The van der Waals surface area contributed by atoms with Gasteiger partial charge in [-0.3, -0.25) is 0 Å². The number of aliphatic hydroxyl groups is 1. The molecule has 0 aromatic heterocycles. The minimum absolute atomic E-state index is 0.00833. The second kappa shape index (κ2) is 5.37. The van der Waals surface area contributed by atoms with Crippen molar-refractivity contribution in [2.45, 2.75) is 64.4 Å². The first kappa shape index (κ1) is 15.3. The summed E-state index contributed by atoms with van der Waals surface area (Å²) >= 11 is 0. The molecule has 1 aromatic rings. The highest BCUT2D eigenvalue weighted by molar-refractivity contribution is 5.41. The van der Waals surface area contributed by atoms with Gasteiger partial charge in [0.15, 0.2) is 0 Å². The van der Waals surface area contributed by atoms with Crippen LogP contribution in [0.25, 0.3) is 0 Å². The van der Waals surface area contributed by atoms with E-state index in [9.17, 15) is 10.2 Å². The number of hydrogen-bond donors (Lipinski definition) is 2. The van der Waals surface area contributed by atoms with Crippen LogP contribution in [-0.2, 0) is 6.42 Å². The van der Waals surface area contributed by atoms with E-state index in [4.69, 9.17) is 0 Å². The summed E-state index contributed by atoms with van der Waals surface area (Å²) in [6.45, 7) is 4.52. The molecule has 2 heteroatoms. The molecule has 0 saturated heterocycles. The Kier molecular flexibility index (Phi) is 3.57. The van der Waals surface area contributed by atoms with Crippen molar-refractivity contribution in [3.8, 4) is 5.75 Å². The number of aryl methyl sites for hydroxylation is 1. The lowest BCUT2D eigenvalue weighted by Gasteiger charge is -2.52. The second-order valence-electron chi connectivity index (χ2n) is 8.01. The number of rotatable bonds is 1. The normalized spacial score (nSPS) is 40.6. The minimum Gasteiger partial charge on any atom is -0.508 e. The third-order valence-corrected chi connectivity index (χ3v) is 7.11. The van der Waals surface area contributed by atoms with Gasteiger partial charge in [-0.1, -0.05) is 31.6 Å². The van der Waals surface area contributed by atoms with Gasteiger partial charge in [0.05, 0.1) is 6.10 Å². The van der Waals surface area contributed by atoms with E-state index in [1.807, 2.05) is 12.1 Å². The Morgan fingerprint density at radius 1 is 1.26 bits per heavy atom. The fourth-order valence-corrected chi connectivity index (χ4v) is 6.00. The Morgan fingerprint density at radius 3 is 2.87 bits per heavy atom. The number of hydrogen-bond acceptors (Lipinski definition) is 2. The Balaban J connectivity index is 1.73. The van der Waals surface area contributed by atoms with Crippen LogP contribution < -0.4 is 0 Å². The van der Waals surface area contributed by atoms with Gasteiger partial charge in [-0.2, -0.15) is 0 Å². The van der Waals surface area contributed by atoms with Crippen LogP contribution in [0.3, 0.4) is 0 Å². The van der Waals surface area contributed by atoms with Gasteiger partial charge >= 0.3 is 0 Å². The topological polar surface area (TPSA) is 40.5 Å². The highest BCUT2D eigenvalue weighted by atomic mass is 16.3. The maximum Gasteiger partial charge on any atom is 0.115 e. The molecule has 0 amide bonds. The summed E-state index contributed by atoms with van der Waals surface area (Å²) in [7, 11) is 0. The first-order valence-electron chi connectivity index (χ1n) is 9.25. The first-order valence-corrected chi connectivity index (χ1v) is 9.25. The number of aromatic hydroxyl groups is 1. The summed E-state index contributed by atoms with van der Waals surface area (Å²) in [5.74, 6) is 2.13. The molecule has 5 unspecified atom stereocenters. The van der Waals surface area contributed by atoms with Crippen LogP contribution >= 0.6 is 0 Å². The van der Waals surface area contributed by atoms with E-state index in [2.05, 4.69) is 26.0 Å². The summed E-state index contributed by atoms with van der Waals surface area (Å²) in [5.41, 5.74) is 4.18. The van der Waals surface area contributed by atoms with Crippen LogP contribution in [0, 0.1) is 17.3 Å². The van der Waals surface area contributed by atoms with Gasteiger partial charge in [0.1, 0.15) is 5.75 Å². The van der Waals surface area contributed by atoms with E-state index >= 15 is 0 Å². The van der Waals surface area contributed by atoms with Crippen molar-refractivity contribution in [2.75, 3.05) is 0 Å². The Bertz CT molecular complexity index is 647. The van der Waals surface area contributed by atoms with E-state index in [-0.39, 0.29) is 11.5 Å². The molecule has 0 aliphatic heterocycles. The average molecular weight is 312 g/mol. The molecule has 2 N–H and O–H groups in total. The summed E-state index contributed by atoms with van der Waals surface area (Å²) in [6, 6.07) is 5.86. The molecule has 23 heavy (non-hydrogen) atoms. The van der Waals surface area contributed by atoms with Gasteiger partial charge in [0.2, 0.25) is 0 Å². The molecule has 4 rings (SSSR count). The number of benzene rings is 1. The van der Waals surface area contributed by atoms with Gasteiger partial charge in [-0.05, 0) is 79.5 Å². The number of phenolic OH excluding ortho intramolecular Hbond substituents is 1. The molecule has 3 aliphatic carbocycles. The number of allylic oxidation sites excluding steroid dienone is 1. The number of aliphatic hydroxyl groups excluding tert-OH is 1. The van der Waals surface area contributed by atoms with Crippen molar-refractivity contribution in [3.05, 3.63) is 41.0 Å². The third-order valence-electron chi connectivity index (χ3n) is 7.11. The van der Waals surface area contributed by atoms with E-state index in [0.29, 0.717) is 23.5 Å². The van der Waals surface area contributed by atoms with Crippen LogP contribution in [-0.4, -0.2) is 16.3 Å². The highest BCUT2D eigenvalue weighted by Crippen LogP contribution is 2.62. The van der Waals surface area contributed by atoms with Gasteiger partial charge in [0, 0.05) is 5.41 Å². The molecule has 0 bridgehead atoms. The van der Waals surface area contributed by atoms with E-state index in [1.54, 1.807) is 0 Å². The Morgan fingerprint density at radius 2 is 2.09 bits per heavy atom. The first-order chi connectivity index (χ1) is 11.1. The molecule has 5 atom stereocenters. The molecule has 2 fully saturated rings. The van der Waals surface area contributed by atoms with Crippen molar-refractivity contribution in [2.24, 2.45) is 17.3 Å². The highest BCUT2D eigenvalue weighted by Gasteiger charge is 2.56. The lowest BCUT2D eigenvalue weighted by atomic mass is 9.54. The minimum atomic E-state index is -0.242. The summed E-state index contributed by atoms with van der Waals surface area (Å²) in [6.07, 6.45) is 8.74. The largest absolute Gasteiger partial charge is 0.508 e. The zero-order chi connectivity index (χ0) is 16.2. The van der Waals surface area contributed by atoms with Crippen molar-refractivity contribution in [1.29, 1.82) is 0 Å². The maximum atomic E-state index is 11.1. The second-order valence-corrected chi connectivity index (χ2v) is 8.01. The van der Waals surface area contributed by atoms with Crippen LogP contribution in [0.5, 0.6) is 5.75 Å². The molecule has 2 nitrogen and oxygen atoms in total. The average Bonchev–Trinajstić information content (AvgIpc) is 2.86. The lowest BCUT2D eigenvalue weighted by Crippen LogP contribution is -2.49. The Hall–Kier alpha value is -1.28. The molecule has 1 aromatic carbocycles. The van der Waals surface area contributed by atoms with E-state index in [0.717, 1.165) is 25.7 Å². The summed E-state index contributed by atoms with van der Waals surface area (Å²) in [5, 5.41) is 20.8. The third kappa shape index (κ3) is 2.11. The standard InChI is InChI=1S/C21H28O2/c1-3-4-14-6-10-19-17-8-5-13-11-15(22)7-9-16(13)18(17)12-20(23)21(14,19)2/h4,7,9,11,17-20,22-23H,3,5-6,8,10,12H2,1-2H3. The molecule has 3 aliphatic rings. The molecular formula is C21H28O2. The fraction of sp³-hybridized carbons (Fsp3) is 0.619. The molecule has 2 saturated carbocycles. The van der Waals surface area contributed by atoms with Crippen LogP contribution in [0.4, 0.5) is 0 Å². The number of fused-ring (bicyclic) bond motifs is 5. The predicted molar refractivity (Wildman–Crippen MR) is 92.5 cm³/mol. The SMILES string of the molecule is CCC=C1CCC2C3CCc4cc(O)ccc4C3CC(O)C12C. The van der Waals surface area contributed by atoms with Crippen molar-refractivity contribution in [1.82, 2.24) is 0 Å². The van der Waals surface area contributed by atoms with Crippen LogP contribution in [0.2, 0.25) is 0 Å². The van der Waals surface area contributed by atoms with Crippen LogP contribution in [0.1, 0.15) is 63.0 Å². The molecule has 0 heterocycles. The van der Waals surface area contributed by atoms with E-state index in [1.165, 1.54) is 29.5 Å². The predicted octanol–water partition coefficient (Wildman–Crippen LogP) is 4.56. The van der Waals surface area contributed by atoms with Gasteiger partial charge < -0.3 is 10.2 Å². The van der Waals surface area contributed by atoms with Crippen LogP contribution in [0.15, 0.2) is 29.8 Å². The zero-order valence-electron chi connectivity index (χ0n) is 14.3. The van der Waals surface area contributed by atoms with Gasteiger partial charge in [-0.15, -0.1) is 0 Å². The quantitative estimate of drug-likeness (QED) is 0.747. The Labute approximate surface area is 139 Å². The van der Waals surface area contributed by atoms with Gasteiger partial charge in [0.25, 0.3) is 0 Å². The number of phenols is 1. The molecule has 0 radical (unpaired) electrons. The van der Waals surface area contributed by atoms with Gasteiger partial charge in [-0.25, -0.2) is 0 Å². The monoisotopic (exact) mass is 312 g/mol. The molecule has 124 valence electrons. The summed E-state index contributed by atoms with van der Waals surface area (Å²) < 4.78 is 0. The zero-order valence-corrected chi connectivity index (χ0v) is 14.3. The molecular weight excluding hydrogens is 284 g/mol. The van der Waals surface area contributed by atoms with E-state index < -0.39 is 0 Å². The fourth-order valence-electron chi connectivity index (χ4n) is 6.00. The molecule has 0 spiro atoms. The summed E-state index contributed by atoms with van der Waals surface area (Å²) in [4.78, 5) is 0. The van der Waals surface area contributed by atoms with Crippen molar-refractivity contribution in [3.63, 3.8) is 0 Å². The lowest BCUT2D eigenvalue weighted by molar-refractivity contribution is -0.0471. The van der Waals surface area contributed by atoms with Crippen molar-refractivity contribution < 1.29 is 10.2 Å². The smallest absolute Gasteiger partial charge is 0.115 e.